The minimum absolute atomic E-state index is 0.00688. The van der Waals surface area contributed by atoms with E-state index < -0.39 is 0 Å². The molecule has 0 radical (unpaired) electrons. The summed E-state index contributed by atoms with van der Waals surface area (Å²) in [7, 11) is 0. The number of rotatable bonds is 2. The second-order valence-electron chi connectivity index (χ2n) is 3.36. The molecule has 0 amide bonds. The zero-order valence-electron chi connectivity index (χ0n) is 8.75. The molecule has 0 saturated carbocycles. The molecule has 14 heavy (non-hydrogen) atoms. The van der Waals surface area contributed by atoms with Crippen molar-refractivity contribution < 1.29 is 0 Å². The van der Waals surface area contributed by atoms with Gasteiger partial charge < -0.3 is 5.73 Å². The lowest BCUT2D eigenvalue weighted by molar-refractivity contribution is 0.720. The van der Waals surface area contributed by atoms with E-state index in [0.29, 0.717) is 0 Å². The van der Waals surface area contributed by atoms with Gasteiger partial charge in [-0.25, -0.2) is 0 Å². The molecule has 2 heteroatoms. The van der Waals surface area contributed by atoms with Crippen molar-refractivity contribution in [3.05, 3.63) is 29.6 Å². The molecule has 0 spiro atoms. The van der Waals surface area contributed by atoms with Crippen molar-refractivity contribution in [3.8, 4) is 11.8 Å². The molecule has 0 aromatic carbocycles. The standard InChI is InChI=1S/C12H16N2/c1-3-4-12(13)6-5-11-7-8-14-9-10(11)2/h7-9,12H,3-4,13H2,1-2H3. The highest BCUT2D eigenvalue weighted by Crippen LogP contribution is 2.02. The van der Waals surface area contributed by atoms with E-state index in [2.05, 4.69) is 23.7 Å². The largest absolute Gasteiger partial charge is 0.318 e. The van der Waals surface area contributed by atoms with Crippen LogP contribution in [0.2, 0.25) is 0 Å². The fourth-order valence-corrected chi connectivity index (χ4v) is 1.17. The first-order chi connectivity index (χ1) is 6.74. The van der Waals surface area contributed by atoms with Crippen molar-refractivity contribution in [1.29, 1.82) is 0 Å². The van der Waals surface area contributed by atoms with Gasteiger partial charge in [0, 0.05) is 18.0 Å². The van der Waals surface area contributed by atoms with Crippen LogP contribution >= 0.6 is 0 Å². The molecule has 2 nitrogen and oxygen atoms in total. The topological polar surface area (TPSA) is 38.9 Å². The van der Waals surface area contributed by atoms with Crippen molar-refractivity contribution in [2.45, 2.75) is 32.7 Å². The molecule has 1 rings (SSSR count). The van der Waals surface area contributed by atoms with Gasteiger partial charge in [0.1, 0.15) is 0 Å². The first-order valence-electron chi connectivity index (χ1n) is 4.91. The first-order valence-corrected chi connectivity index (χ1v) is 4.91. The van der Waals surface area contributed by atoms with Gasteiger partial charge in [0.05, 0.1) is 6.04 Å². The van der Waals surface area contributed by atoms with Gasteiger partial charge in [0.2, 0.25) is 0 Å². The molecule has 1 atom stereocenters. The van der Waals surface area contributed by atoms with E-state index in [1.807, 2.05) is 19.2 Å². The quantitative estimate of drug-likeness (QED) is 0.720. The maximum Gasteiger partial charge on any atom is 0.0668 e. The molecule has 2 N–H and O–H groups in total. The van der Waals surface area contributed by atoms with Gasteiger partial charge in [-0.2, -0.15) is 0 Å². The summed E-state index contributed by atoms with van der Waals surface area (Å²) in [6, 6.07) is 1.91. The van der Waals surface area contributed by atoms with Crippen LogP contribution in [0, 0.1) is 18.8 Å². The normalized spacial score (nSPS) is 11.6. The molecular formula is C12H16N2. The van der Waals surface area contributed by atoms with Crippen molar-refractivity contribution in [2.24, 2.45) is 5.73 Å². The molecule has 0 fully saturated rings. The summed E-state index contributed by atoms with van der Waals surface area (Å²) in [6.07, 6.45) is 5.60. The van der Waals surface area contributed by atoms with Gasteiger partial charge in [-0.1, -0.05) is 25.2 Å². The number of nitrogens with two attached hydrogens (primary N) is 1. The highest BCUT2D eigenvalue weighted by molar-refractivity contribution is 5.39. The first kappa shape index (κ1) is 10.7. The Hall–Kier alpha value is -1.33. The van der Waals surface area contributed by atoms with Crippen molar-refractivity contribution >= 4 is 0 Å². The average molecular weight is 188 g/mol. The lowest BCUT2D eigenvalue weighted by atomic mass is 10.1. The Morgan fingerprint density at radius 1 is 1.57 bits per heavy atom. The highest BCUT2D eigenvalue weighted by Gasteiger charge is 1.95. The SMILES string of the molecule is CCCC(N)C#Cc1ccncc1C. The van der Waals surface area contributed by atoms with Crippen LogP contribution in [-0.2, 0) is 0 Å². The van der Waals surface area contributed by atoms with Crippen LogP contribution in [0.1, 0.15) is 30.9 Å². The van der Waals surface area contributed by atoms with Crippen LogP contribution in [-0.4, -0.2) is 11.0 Å². The summed E-state index contributed by atoms with van der Waals surface area (Å²) in [5, 5.41) is 0. The van der Waals surface area contributed by atoms with E-state index in [1.54, 1.807) is 6.20 Å². The molecule has 1 aromatic heterocycles. The number of aryl methyl sites for hydroxylation is 1. The average Bonchev–Trinajstić information content (AvgIpc) is 2.17. The summed E-state index contributed by atoms with van der Waals surface area (Å²) < 4.78 is 0. The Bertz CT molecular complexity index is 347. The van der Waals surface area contributed by atoms with Crippen LogP contribution < -0.4 is 5.73 Å². The molecule has 1 unspecified atom stereocenters. The molecule has 0 saturated heterocycles. The summed E-state index contributed by atoms with van der Waals surface area (Å²) >= 11 is 0. The Kier molecular flexibility index (Phi) is 4.15. The van der Waals surface area contributed by atoms with Crippen molar-refractivity contribution in [2.75, 3.05) is 0 Å². The third-order valence-electron chi connectivity index (χ3n) is 2.01. The Labute approximate surface area is 85.5 Å². The summed E-state index contributed by atoms with van der Waals surface area (Å²) in [5.74, 6) is 6.12. The number of nitrogens with zero attached hydrogens (tertiary/aromatic N) is 1. The maximum absolute atomic E-state index is 5.79. The molecule has 0 aliphatic heterocycles. The Balaban J connectivity index is 2.72. The van der Waals surface area contributed by atoms with Gasteiger partial charge in [0.15, 0.2) is 0 Å². The third-order valence-corrected chi connectivity index (χ3v) is 2.01. The predicted octanol–water partition coefficient (Wildman–Crippen LogP) is 1.87. The number of hydrogen-bond donors (Lipinski definition) is 1. The van der Waals surface area contributed by atoms with Gasteiger partial charge in [-0.15, -0.1) is 0 Å². The zero-order chi connectivity index (χ0) is 10.4. The van der Waals surface area contributed by atoms with E-state index in [9.17, 15) is 0 Å². The number of hydrogen-bond acceptors (Lipinski definition) is 2. The lowest BCUT2D eigenvalue weighted by Crippen LogP contribution is -2.16. The van der Waals surface area contributed by atoms with Crippen LogP contribution in [0.5, 0.6) is 0 Å². The molecule has 1 aromatic rings. The predicted molar refractivity (Wildman–Crippen MR) is 58.7 cm³/mol. The van der Waals surface area contributed by atoms with Gasteiger partial charge >= 0.3 is 0 Å². The van der Waals surface area contributed by atoms with Gasteiger partial charge in [0.25, 0.3) is 0 Å². The summed E-state index contributed by atoms with van der Waals surface area (Å²) in [4.78, 5) is 4.01. The highest BCUT2D eigenvalue weighted by atomic mass is 14.6. The van der Waals surface area contributed by atoms with Crippen molar-refractivity contribution in [3.63, 3.8) is 0 Å². The van der Waals surface area contributed by atoms with E-state index in [1.165, 1.54) is 0 Å². The lowest BCUT2D eigenvalue weighted by Gasteiger charge is -1.99. The van der Waals surface area contributed by atoms with Crippen LogP contribution in [0.15, 0.2) is 18.5 Å². The molecular weight excluding hydrogens is 172 g/mol. The summed E-state index contributed by atoms with van der Waals surface area (Å²) in [6.45, 7) is 4.11. The monoisotopic (exact) mass is 188 g/mol. The molecule has 0 bridgehead atoms. The van der Waals surface area contributed by atoms with E-state index in [4.69, 9.17) is 5.73 Å². The van der Waals surface area contributed by atoms with Crippen molar-refractivity contribution in [1.82, 2.24) is 4.98 Å². The van der Waals surface area contributed by atoms with E-state index >= 15 is 0 Å². The van der Waals surface area contributed by atoms with Gasteiger partial charge in [-0.05, 0) is 25.0 Å². The van der Waals surface area contributed by atoms with E-state index in [0.717, 1.165) is 24.0 Å². The number of aromatic nitrogens is 1. The second kappa shape index (κ2) is 5.41. The number of pyridine rings is 1. The molecule has 1 heterocycles. The fraction of sp³-hybridized carbons (Fsp3) is 0.417. The maximum atomic E-state index is 5.79. The van der Waals surface area contributed by atoms with Gasteiger partial charge in [-0.3, -0.25) is 4.98 Å². The Morgan fingerprint density at radius 3 is 3.00 bits per heavy atom. The molecule has 0 aliphatic rings. The zero-order valence-corrected chi connectivity index (χ0v) is 8.75. The minimum Gasteiger partial charge on any atom is -0.318 e. The third kappa shape index (κ3) is 3.20. The summed E-state index contributed by atoms with van der Waals surface area (Å²) in [5.41, 5.74) is 7.91. The van der Waals surface area contributed by atoms with Crippen LogP contribution in [0.3, 0.4) is 0 Å². The Morgan fingerprint density at radius 2 is 2.36 bits per heavy atom. The van der Waals surface area contributed by atoms with Crippen LogP contribution in [0.4, 0.5) is 0 Å². The smallest absolute Gasteiger partial charge is 0.0668 e. The minimum atomic E-state index is -0.00688. The van der Waals surface area contributed by atoms with Crippen LogP contribution in [0.25, 0.3) is 0 Å². The molecule has 74 valence electrons. The molecule has 0 aliphatic carbocycles. The second-order valence-corrected chi connectivity index (χ2v) is 3.36. The van der Waals surface area contributed by atoms with E-state index in [-0.39, 0.29) is 6.04 Å². The fourth-order valence-electron chi connectivity index (χ4n) is 1.17.